The van der Waals surface area contributed by atoms with Crippen LogP contribution in [0.5, 0.6) is 11.5 Å². The lowest BCUT2D eigenvalue weighted by Crippen LogP contribution is -2.37. The van der Waals surface area contributed by atoms with Crippen LogP contribution in [0.2, 0.25) is 0 Å². The van der Waals surface area contributed by atoms with E-state index in [1.54, 1.807) is 5.06 Å². The number of ether oxygens (including phenoxy) is 2. The average molecular weight is 537 g/mol. The number of hydrogen-bond donors (Lipinski definition) is 0. The largest absolute Gasteiger partial charge is 0.490 e. The van der Waals surface area contributed by atoms with Gasteiger partial charge in [-0.3, -0.25) is 14.4 Å². The first-order chi connectivity index (χ1) is 19.6. The van der Waals surface area contributed by atoms with E-state index in [1.165, 1.54) is 4.90 Å². The molecule has 204 valence electrons. The highest BCUT2D eigenvalue weighted by Gasteiger charge is 2.60. The van der Waals surface area contributed by atoms with Gasteiger partial charge in [0.2, 0.25) is 5.91 Å². The highest BCUT2D eigenvalue weighted by atomic mass is 16.7. The van der Waals surface area contributed by atoms with E-state index < -0.39 is 18.1 Å². The number of fused-ring (bicyclic) bond motifs is 2. The first-order valence-electron chi connectivity index (χ1n) is 13.9. The summed E-state index contributed by atoms with van der Waals surface area (Å²) in [5.74, 6) is -0.120. The third-order valence-corrected chi connectivity index (χ3v) is 7.50. The van der Waals surface area contributed by atoms with Gasteiger partial charge in [0.25, 0.3) is 5.91 Å². The Hall–Kier alpha value is -4.36. The minimum atomic E-state index is -0.951. The standard InChI is InChI=1S/C33H32N2O5/c1-3-5-20-39-27-19-18-23(21-28(27)38-4-2)30-29-31(40-35(30)24-14-7-6-8-15-24)33(37)34(32(29)36)26-17-11-13-22-12-9-10-16-25(22)26/h6-19,21,29-31H,3-5,20H2,1-2H3/t29-,30-,31+/m1/s1. The summed E-state index contributed by atoms with van der Waals surface area (Å²) in [6, 6.07) is 28.2. The fourth-order valence-electron chi connectivity index (χ4n) is 5.62. The molecule has 2 saturated heterocycles. The Morgan fingerprint density at radius 1 is 0.800 bits per heavy atom. The second-order valence-corrected chi connectivity index (χ2v) is 10.0. The fraction of sp³-hybridized carbons (Fsp3) is 0.273. The Morgan fingerprint density at radius 3 is 2.38 bits per heavy atom. The van der Waals surface area contributed by atoms with Crippen LogP contribution in [-0.2, 0) is 14.4 Å². The second kappa shape index (κ2) is 11.0. The molecule has 4 aromatic carbocycles. The summed E-state index contributed by atoms with van der Waals surface area (Å²) >= 11 is 0. The SMILES string of the molecule is CCCCOc1ccc([C@@H]2[C@H]3C(=O)N(c4cccc5ccccc45)C(=O)[C@H]3ON2c2ccccc2)cc1OCC. The zero-order chi connectivity index (χ0) is 27.6. The summed E-state index contributed by atoms with van der Waals surface area (Å²) in [5.41, 5.74) is 2.15. The molecule has 2 heterocycles. The predicted molar refractivity (Wildman–Crippen MR) is 154 cm³/mol. The highest BCUT2D eigenvalue weighted by molar-refractivity contribution is 6.26. The monoisotopic (exact) mass is 536 g/mol. The third-order valence-electron chi connectivity index (χ3n) is 7.50. The van der Waals surface area contributed by atoms with Crippen LogP contribution < -0.4 is 19.4 Å². The zero-order valence-electron chi connectivity index (χ0n) is 22.7. The van der Waals surface area contributed by atoms with E-state index in [0.29, 0.717) is 30.4 Å². The Balaban J connectivity index is 1.42. The summed E-state index contributed by atoms with van der Waals surface area (Å²) < 4.78 is 12.0. The van der Waals surface area contributed by atoms with Crippen LogP contribution in [-0.4, -0.2) is 31.1 Å². The van der Waals surface area contributed by atoms with Crippen LogP contribution in [0.4, 0.5) is 11.4 Å². The molecule has 0 bridgehead atoms. The number of para-hydroxylation sites is 1. The molecule has 7 nitrogen and oxygen atoms in total. The van der Waals surface area contributed by atoms with Gasteiger partial charge >= 0.3 is 0 Å². The minimum Gasteiger partial charge on any atom is -0.490 e. The van der Waals surface area contributed by atoms with Crippen LogP contribution in [0, 0.1) is 5.92 Å². The molecular weight excluding hydrogens is 504 g/mol. The van der Waals surface area contributed by atoms with Gasteiger partial charge in [-0.2, -0.15) is 0 Å². The maximum atomic E-state index is 14.2. The highest BCUT2D eigenvalue weighted by Crippen LogP contribution is 2.49. The van der Waals surface area contributed by atoms with Crippen LogP contribution in [0.3, 0.4) is 0 Å². The molecule has 2 aliphatic rings. The molecule has 7 heteroatoms. The van der Waals surface area contributed by atoms with Gasteiger partial charge in [-0.25, -0.2) is 9.96 Å². The molecule has 0 aliphatic carbocycles. The molecule has 4 aromatic rings. The number of amides is 2. The molecule has 6 rings (SSSR count). The summed E-state index contributed by atoms with van der Waals surface area (Å²) in [6.45, 7) is 5.10. The van der Waals surface area contributed by atoms with Gasteiger partial charge in [0.15, 0.2) is 17.6 Å². The Labute approximate surface area is 233 Å². The van der Waals surface area contributed by atoms with Crippen molar-refractivity contribution in [1.29, 1.82) is 0 Å². The number of benzene rings is 4. The molecule has 0 radical (unpaired) electrons. The molecule has 0 unspecified atom stereocenters. The summed E-state index contributed by atoms with van der Waals surface area (Å²) in [7, 11) is 0. The number of hydrogen-bond acceptors (Lipinski definition) is 6. The van der Waals surface area contributed by atoms with Gasteiger partial charge in [-0.05, 0) is 54.6 Å². The van der Waals surface area contributed by atoms with Crippen molar-refractivity contribution in [2.24, 2.45) is 5.92 Å². The van der Waals surface area contributed by atoms with Crippen LogP contribution in [0.25, 0.3) is 10.8 Å². The van der Waals surface area contributed by atoms with Crippen molar-refractivity contribution in [3.8, 4) is 11.5 Å². The van der Waals surface area contributed by atoms with E-state index >= 15 is 0 Å². The number of imide groups is 1. The Bertz CT molecular complexity index is 1530. The maximum Gasteiger partial charge on any atom is 0.266 e. The number of carbonyl (C=O) groups is 2. The van der Waals surface area contributed by atoms with E-state index in [1.807, 2.05) is 97.9 Å². The minimum absolute atomic E-state index is 0.281. The summed E-state index contributed by atoms with van der Waals surface area (Å²) in [6.07, 6.45) is 1.02. The van der Waals surface area contributed by atoms with Crippen molar-refractivity contribution in [3.05, 3.63) is 96.6 Å². The molecule has 40 heavy (non-hydrogen) atoms. The molecule has 0 spiro atoms. The average Bonchev–Trinajstić information content (AvgIpc) is 3.49. The third kappa shape index (κ3) is 4.46. The van der Waals surface area contributed by atoms with Crippen LogP contribution in [0.1, 0.15) is 38.3 Å². The van der Waals surface area contributed by atoms with Gasteiger partial charge in [0.05, 0.1) is 30.6 Å². The molecule has 0 N–H and O–H groups in total. The first-order valence-corrected chi connectivity index (χ1v) is 13.9. The molecule has 0 saturated carbocycles. The lowest BCUT2D eigenvalue weighted by molar-refractivity contribution is -0.126. The van der Waals surface area contributed by atoms with E-state index in [-0.39, 0.29) is 11.8 Å². The quantitative estimate of drug-likeness (QED) is 0.180. The van der Waals surface area contributed by atoms with E-state index in [0.717, 1.165) is 34.9 Å². The molecule has 0 aromatic heterocycles. The Morgan fingerprint density at radius 2 is 1.57 bits per heavy atom. The van der Waals surface area contributed by atoms with Crippen molar-refractivity contribution in [2.45, 2.75) is 38.8 Å². The van der Waals surface area contributed by atoms with Crippen molar-refractivity contribution in [1.82, 2.24) is 0 Å². The van der Waals surface area contributed by atoms with Crippen molar-refractivity contribution >= 4 is 34.0 Å². The maximum absolute atomic E-state index is 14.2. The fourth-order valence-corrected chi connectivity index (χ4v) is 5.62. The molecule has 2 amide bonds. The lowest BCUT2D eigenvalue weighted by Gasteiger charge is -2.29. The van der Waals surface area contributed by atoms with Crippen molar-refractivity contribution < 1.29 is 23.9 Å². The molecule has 3 atom stereocenters. The van der Waals surface area contributed by atoms with Crippen molar-refractivity contribution in [3.63, 3.8) is 0 Å². The second-order valence-electron chi connectivity index (χ2n) is 10.0. The topological polar surface area (TPSA) is 68.3 Å². The smallest absolute Gasteiger partial charge is 0.266 e. The van der Waals surface area contributed by atoms with E-state index in [4.69, 9.17) is 14.3 Å². The van der Waals surface area contributed by atoms with Gasteiger partial charge in [0, 0.05) is 5.39 Å². The van der Waals surface area contributed by atoms with Crippen molar-refractivity contribution in [2.75, 3.05) is 23.2 Å². The number of hydroxylamine groups is 1. The number of nitrogens with zero attached hydrogens (tertiary/aromatic N) is 2. The summed E-state index contributed by atoms with van der Waals surface area (Å²) in [4.78, 5) is 35.7. The number of anilines is 2. The van der Waals surface area contributed by atoms with Gasteiger partial charge < -0.3 is 9.47 Å². The lowest BCUT2D eigenvalue weighted by atomic mass is 9.90. The molecular formula is C33H32N2O5. The van der Waals surface area contributed by atoms with Gasteiger partial charge in [-0.1, -0.05) is 74.0 Å². The normalized spacial score (nSPS) is 20.3. The van der Waals surface area contributed by atoms with Crippen LogP contribution >= 0.6 is 0 Å². The molecule has 2 fully saturated rings. The van der Waals surface area contributed by atoms with Gasteiger partial charge in [0.1, 0.15) is 5.92 Å². The Kier molecular flexibility index (Phi) is 7.13. The number of carbonyl (C=O) groups excluding carboxylic acids is 2. The van der Waals surface area contributed by atoms with Gasteiger partial charge in [-0.15, -0.1) is 0 Å². The van der Waals surface area contributed by atoms with E-state index in [9.17, 15) is 9.59 Å². The van der Waals surface area contributed by atoms with E-state index in [2.05, 4.69) is 6.92 Å². The number of rotatable bonds is 9. The van der Waals surface area contributed by atoms with Crippen LogP contribution in [0.15, 0.2) is 91.0 Å². The predicted octanol–water partition coefficient (Wildman–Crippen LogP) is 6.47. The number of unbranched alkanes of at least 4 members (excludes halogenated alkanes) is 1. The first kappa shape index (κ1) is 25.9. The summed E-state index contributed by atoms with van der Waals surface area (Å²) in [5, 5.41) is 3.50. The molecule has 2 aliphatic heterocycles. The zero-order valence-corrected chi connectivity index (χ0v) is 22.7.